The molecule has 0 heterocycles. The summed E-state index contributed by atoms with van der Waals surface area (Å²) in [6, 6.07) is 8.53. The Morgan fingerprint density at radius 2 is 1.85 bits per heavy atom. The number of hydrogen-bond acceptors (Lipinski definition) is 1. The highest BCUT2D eigenvalue weighted by atomic mass is 19.1. The molecule has 0 fully saturated rings. The molecule has 2 aromatic carbocycles. The first-order valence-corrected chi connectivity index (χ1v) is 4.13. The number of fused-ring (bicyclic) bond motifs is 1. The van der Waals surface area contributed by atoms with Crippen molar-refractivity contribution in [2.75, 3.05) is 5.73 Å². The third-order valence-corrected chi connectivity index (χ3v) is 2.15. The van der Waals surface area contributed by atoms with Crippen molar-refractivity contribution in [1.82, 2.24) is 0 Å². The van der Waals surface area contributed by atoms with E-state index < -0.39 is 0 Å². The summed E-state index contributed by atoms with van der Waals surface area (Å²) >= 11 is 0. The van der Waals surface area contributed by atoms with Gasteiger partial charge in [-0.15, -0.1) is 0 Å². The lowest BCUT2D eigenvalue weighted by molar-refractivity contribution is 0.640. The maximum absolute atomic E-state index is 13.2. The number of nitrogen functional groups attached to an aromatic ring is 1. The fourth-order valence-corrected chi connectivity index (χ4v) is 1.45. The summed E-state index contributed by atoms with van der Waals surface area (Å²) in [6.45, 7) is 1.96. The van der Waals surface area contributed by atoms with Crippen LogP contribution < -0.4 is 5.73 Å². The second-order valence-corrected chi connectivity index (χ2v) is 3.19. The van der Waals surface area contributed by atoms with Crippen LogP contribution in [0.3, 0.4) is 0 Å². The molecule has 0 atom stereocenters. The first-order valence-electron chi connectivity index (χ1n) is 4.13. The Morgan fingerprint density at radius 1 is 1.08 bits per heavy atom. The number of halogens is 1. The fourth-order valence-electron chi connectivity index (χ4n) is 1.45. The summed E-state index contributed by atoms with van der Waals surface area (Å²) in [5.41, 5.74) is 7.44. The first-order chi connectivity index (χ1) is 6.18. The molecule has 0 saturated carbocycles. The average molecular weight is 175 g/mol. The van der Waals surface area contributed by atoms with Crippen molar-refractivity contribution in [3.8, 4) is 0 Å². The van der Waals surface area contributed by atoms with Crippen molar-refractivity contribution in [1.29, 1.82) is 0 Å². The normalized spacial score (nSPS) is 10.6. The van der Waals surface area contributed by atoms with Crippen molar-refractivity contribution in [3.63, 3.8) is 0 Å². The highest BCUT2D eigenvalue weighted by Gasteiger charge is 2.02. The molecule has 0 spiro atoms. The van der Waals surface area contributed by atoms with Crippen LogP contribution in [0.15, 0.2) is 30.3 Å². The fraction of sp³-hybridized carbons (Fsp3) is 0.0909. The van der Waals surface area contributed by atoms with Crippen LogP contribution >= 0.6 is 0 Å². The van der Waals surface area contributed by atoms with Crippen LogP contribution in [0.4, 0.5) is 10.1 Å². The molecule has 2 aromatic rings. The molecule has 0 aliphatic heterocycles. The Labute approximate surface area is 76.0 Å². The zero-order valence-electron chi connectivity index (χ0n) is 7.34. The van der Waals surface area contributed by atoms with Crippen molar-refractivity contribution in [2.45, 2.75) is 6.92 Å². The molecule has 0 saturated heterocycles. The van der Waals surface area contributed by atoms with Gasteiger partial charge in [0.1, 0.15) is 5.82 Å². The smallest absolute Gasteiger partial charge is 0.131 e. The third kappa shape index (κ3) is 1.24. The van der Waals surface area contributed by atoms with Crippen LogP contribution in [0, 0.1) is 12.7 Å². The minimum atomic E-state index is -0.218. The SMILES string of the molecule is Cc1ccc2c(F)ccc(N)c2c1. The van der Waals surface area contributed by atoms with E-state index in [9.17, 15) is 4.39 Å². The molecule has 0 aliphatic rings. The molecule has 0 aromatic heterocycles. The summed E-state index contributed by atoms with van der Waals surface area (Å²) < 4.78 is 13.2. The van der Waals surface area contributed by atoms with Crippen LogP contribution in [0.2, 0.25) is 0 Å². The van der Waals surface area contributed by atoms with Gasteiger partial charge in [-0.2, -0.15) is 0 Å². The maximum atomic E-state index is 13.2. The lowest BCUT2D eigenvalue weighted by atomic mass is 10.1. The van der Waals surface area contributed by atoms with E-state index in [4.69, 9.17) is 5.73 Å². The lowest BCUT2D eigenvalue weighted by Gasteiger charge is -2.03. The number of hydrogen-bond donors (Lipinski definition) is 1. The molecular formula is C11H10FN. The predicted molar refractivity (Wildman–Crippen MR) is 53.1 cm³/mol. The van der Waals surface area contributed by atoms with E-state index in [0.717, 1.165) is 10.9 Å². The molecule has 0 radical (unpaired) electrons. The van der Waals surface area contributed by atoms with Crippen LogP contribution in [-0.2, 0) is 0 Å². The van der Waals surface area contributed by atoms with E-state index in [1.54, 1.807) is 12.1 Å². The van der Waals surface area contributed by atoms with Gasteiger partial charge in [0.15, 0.2) is 0 Å². The third-order valence-electron chi connectivity index (χ3n) is 2.15. The zero-order chi connectivity index (χ0) is 9.42. The molecule has 0 amide bonds. The topological polar surface area (TPSA) is 26.0 Å². The summed E-state index contributed by atoms with van der Waals surface area (Å²) in [7, 11) is 0. The largest absolute Gasteiger partial charge is 0.398 e. The second kappa shape index (κ2) is 2.73. The van der Waals surface area contributed by atoms with Gasteiger partial charge in [0.25, 0.3) is 0 Å². The highest BCUT2D eigenvalue weighted by Crippen LogP contribution is 2.24. The molecule has 2 heteroatoms. The van der Waals surface area contributed by atoms with E-state index in [1.165, 1.54) is 6.07 Å². The number of anilines is 1. The van der Waals surface area contributed by atoms with Gasteiger partial charge in [0.05, 0.1) is 0 Å². The average Bonchev–Trinajstić information content (AvgIpc) is 2.12. The molecular weight excluding hydrogens is 165 g/mol. The quantitative estimate of drug-likeness (QED) is 0.612. The van der Waals surface area contributed by atoms with Gasteiger partial charge in [-0.1, -0.05) is 17.7 Å². The van der Waals surface area contributed by atoms with Crippen molar-refractivity contribution >= 4 is 16.5 Å². The minimum absolute atomic E-state index is 0.218. The van der Waals surface area contributed by atoms with E-state index in [-0.39, 0.29) is 5.82 Å². The number of benzene rings is 2. The number of nitrogens with two attached hydrogens (primary N) is 1. The molecule has 2 N–H and O–H groups in total. The second-order valence-electron chi connectivity index (χ2n) is 3.19. The molecule has 0 bridgehead atoms. The Kier molecular flexibility index (Phi) is 1.69. The maximum Gasteiger partial charge on any atom is 0.131 e. The molecule has 2 rings (SSSR count). The lowest BCUT2D eigenvalue weighted by Crippen LogP contribution is -1.89. The Morgan fingerprint density at radius 3 is 2.62 bits per heavy atom. The summed E-state index contributed by atoms with van der Waals surface area (Å²) in [6.07, 6.45) is 0. The van der Waals surface area contributed by atoms with E-state index in [0.29, 0.717) is 11.1 Å². The molecule has 66 valence electrons. The Balaban J connectivity index is 2.92. The Bertz CT molecular complexity index is 463. The van der Waals surface area contributed by atoms with Crippen LogP contribution in [0.25, 0.3) is 10.8 Å². The summed E-state index contributed by atoms with van der Waals surface area (Å²) in [4.78, 5) is 0. The van der Waals surface area contributed by atoms with Crippen molar-refractivity contribution in [3.05, 3.63) is 41.7 Å². The van der Waals surface area contributed by atoms with E-state index in [1.807, 2.05) is 19.1 Å². The summed E-state index contributed by atoms with van der Waals surface area (Å²) in [5.74, 6) is -0.218. The zero-order valence-corrected chi connectivity index (χ0v) is 7.34. The Hall–Kier alpha value is -1.57. The van der Waals surface area contributed by atoms with Gasteiger partial charge in [0, 0.05) is 16.5 Å². The molecule has 0 aliphatic carbocycles. The van der Waals surface area contributed by atoms with Gasteiger partial charge in [0.2, 0.25) is 0 Å². The van der Waals surface area contributed by atoms with Crippen LogP contribution in [0.5, 0.6) is 0 Å². The van der Waals surface area contributed by atoms with Crippen LogP contribution in [0.1, 0.15) is 5.56 Å². The highest BCUT2D eigenvalue weighted by molar-refractivity contribution is 5.93. The summed E-state index contributed by atoms with van der Waals surface area (Å²) in [5, 5.41) is 1.38. The minimum Gasteiger partial charge on any atom is -0.398 e. The van der Waals surface area contributed by atoms with E-state index >= 15 is 0 Å². The molecule has 13 heavy (non-hydrogen) atoms. The van der Waals surface area contributed by atoms with Gasteiger partial charge < -0.3 is 5.73 Å². The monoisotopic (exact) mass is 175 g/mol. The number of rotatable bonds is 0. The number of aryl methyl sites for hydroxylation is 1. The van der Waals surface area contributed by atoms with Crippen molar-refractivity contribution < 1.29 is 4.39 Å². The predicted octanol–water partition coefficient (Wildman–Crippen LogP) is 2.87. The van der Waals surface area contributed by atoms with Crippen LogP contribution in [-0.4, -0.2) is 0 Å². The standard InChI is InChI=1S/C11H10FN/c1-7-2-3-8-9(6-7)11(13)5-4-10(8)12/h2-6H,13H2,1H3. The molecule has 0 unspecified atom stereocenters. The first kappa shape index (κ1) is 8.05. The van der Waals surface area contributed by atoms with Gasteiger partial charge in [-0.25, -0.2) is 4.39 Å². The van der Waals surface area contributed by atoms with Gasteiger partial charge in [-0.05, 0) is 25.1 Å². The molecule has 1 nitrogen and oxygen atoms in total. The van der Waals surface area contributed by atoms with Crippen molar-refractivity contribution in [2.24, 2.45) is 0 Å². The van der Waals surface area contributed by atoms with Gasteiger partial charge >= 0.3 is 0 Å². The van der Waals surface area contributed by atoms with Gasteiger partial charge in [-0.3, -0.25) is 0 Å². The van der Waals surface area contributed by atoms with E-state index in [2.05, 4.69) is 0 Å².